The molecule has 2 aromatic heterocycles. The monoisotopic (exact) mass is 398 g/mol. The number of hydrogen-bond acceptors (Lipinski definition) is 4. The van der Waals surface area contributed by atoms with E-state index in [4.69, 9.17) is 9.84 Å². The number of benzene rings is 2. The molecule has 0 radical (unpaired) electrons. The second-order valence-electron chi connectivity index (χ2n) is 6.87. The van der Waals surface area contributed by atoms with Gasteiger partial charge in [0.2, 0.25) is 5.88 Å². The Morgan fingerprint density at radius 2 is 1.70 bits per heavy atom. The smallest absolute Gasteiger partial charge is 0.259 e. The lowest BCUT2D eigenvalue weighted by Gasteiger charge is -2.18. The van der Waals surface area contributed by atoms with Crippen molar-refractivity contribution in [3.63, 3.8) is 0 Å². The highest BCUT2D eigenvalue weighted by Crippen LogP contribution is 2.25. The first kappa shape index (κ1) is 19.4. The topological polar surface area (TPSA) is 60.2 Å². The van der Waals surface area contributed by atoms with Gasteiger partial charge < -0.3 is 9.64 Å². The van der Waals surface area contributed by atoms with E-state index in [-0.39, 0.29) is 5.91 Å². The maximum atomic E-state index is 13.0. The third-order valence-electron chi connectivity index (χ3n) is 4.81. The van der Waals surface area contributed by atoms with Crippen LogP contribution in [0.5, 0.6) is 5.88 Å². The molecule has 0 aliphatic rings. The van der Waals surface area contributed by atoms with Crippen molar-refractivity contribution in [2.45, 2.75) is 6.54 Å². The largest absolute Gasteiger partial charge is 0.480 e. The third kappa shape index (κ3) is 3.93. The maximum Gasteiger partial charge on any atom is 0.259 e. The van der Waals surface area contributed by atoms with Gasteiger partial charge in [0.05, 0.1) is 18.5 Å². The van der Waals surface area contributed by atoms with E-state index in [1.54, 1.807) is 30.3 Å². The molecule has 2 aromatic carbocycles. The fraction of sp³-hybridized carbons (Fsp3) is 0.125. The first-order valence-corrected chi connectivity index (χ1v) is 9.61. The van der Waals surface area contributed by atoms with E-state index in [0.29, 0.717) is 18.0 Å². The molecule has 0 aliphatic carbocycles. The summed E-state index contributed by atoms with van der Waals surface area (Å²) in [7, 11) is 3.28. The first-order chi connectivity index (χ1) is 14.7. The molecule has 30 heavy (non-hydrogen) atoms. The number of aromatic nitrogens is 3. The average Bonchev–Trinajstić information content (AvgIpc) is 3.23. The van der Waals surface area contributed by atoms with Crippen molar-refractivity contribution in [3.05, 3.63) is 96.3 Å². The summed E-state index contributed by atoms with van der Waals surface area (Å²) < 4.78 is 7.09. The van der Waals surface area contributed by atoms with Crippen LogP contribution < -0.4 is 4.74 Å². The number of para-hydroxylation sites is 1. The second kappa shape index (κ2) is 8.61. The minimum absolute atomic E-state index is 0.161. The molecular formula is C24H22N4O2. The molecule has 0 N–H and O–H groups in total. The van der Waals surface area contributed by atoms with Gasteiger partial charge in [-0.05, 0) is 24.3 Å². The van der Waals surface area contributed by atoms with Crippen LogP contribution in [0.2, 0.25) is 0 Å². The van der Waals surface area contributed by atoms with Crippen molar-refractivity contribution in [3.8, 4) is 22.8 Å². The van der Waals surface area contributed by atoms with Crippen molar-refractivity contribution >= 4 is 5.91 Å². The van der Waals surface area contributed by atoms with Gasteiger partial charge in [0, 0.05) is 37.1 Å². The van der Waals surface area contributed by atoms with Crippen molar-refractivity contribution in [1.82, 2.24) is 19.7 Å². The molecule has 0 fully saturated rings. The van der Waals surface area contributed by atoms with Crippen LogP contribution in [0.4, 0.5) is 0 Å². The lowest BCUT2D eigenvalue weighted by molar-refractivity contribution is 0.0781. The van der Waals surface area contributed by atoms with Crippen molar-refractivity contribution in [2.24, 2.45) is 0 Å². The Kier molecular flexibility index (Phi) is 5.57. The molecule has 0 saturated heterocycles. The molecule has 0 spiro atoms. The number of methoxy groups -OCH3 is 1. The summed E-state index contributed by atoms with van der Waals surface area (Å²) in [5.74, 6) is 0.157. The molecule has 4 rings (SSSR count). The lowest BCUT2D eigenvalue weighted by atomic mass is 10.1. The zero-order chi connectivity index (χ0) is 20.9. The standard InChI is InChI=1S/C24H22N4O2/c1-27(24(29)21-14-9-15-25-23(21)30-2)16-19-17-28(20-12-7-4-8-13-20)26-22(19)18-10-5-3-6-11-18/h3-15,17H,16H2,1-2H3. The summed E-state index contributed by atoms with van der Waals surface area (Å²) in [6.07, 6.45) is 3.58. The lowest BCUT2D eigenvalue weighted by Crippen LogP contribution is -2.27. The fourth-order valence-corrected chi connectivity index (χ4v) is 3.33. The molecule has 0 atom stereocenters. The first-order valence-electron chi connectivity index (χ1n) is 9.61. The molecule has 150 valence electrons. The summed E-state index contributed by atoms with van der Waals surface area (Å²) in [6.45, 7) is 0.397. The van der Waals surface area contributed by atoms with Crippen LogP contribution in [0.25, 0.3) is 16.9 Å². The van der Waals surface area contributed by atoms with Gasteiger partial charge in [-0.15, -0.1) is 0 Å². The van der Waals surface area contributed by atoms with E-state index in [2.05, 4.69) is 4.98 Å². The van der Waals surface area contributed by atoms with E-state index in [1.807, 2.05) is 71.5 Å². The Bertz CT molecular complexity index is 1140. The van der Waals surface area contributed by atoms with Gasteiger partial charge in [-0.2, -0.15) is 5.10 Å². The Morgan fingerprint density at radius 3 is 2.40 bits per heavy atom. The van der Waals surface area contributed by atoms with Gasteiger partial charge in [-0.25, -0.2) is 9.67 Å². The number of rotatable bonds is 6. The average molecular weight is 398 g/mol. The van der Waals surface area contributed by atoms with Crippen molar-refractivity contribution in [2.75, 3.05) is 14.2 Å². The molecular weight excluding hydrogens is 376 g/mol. The van der Waals surface area contributed by atoms with Crippen LogP contribution in [-0.4, -0.2) is 39.7 Å². The zero-order valence-electron chi connectivity index (χ0n) is 16.9. The number of amides is 1. The second-order valence-corrected chi connectivity index (χ2v) is 6.87. The molecule has 6 heteroatoms. The summed E-state index contributed by atoms with van der Waals surface area (Å²) in [5.41, 5.74) is 4.19. The van der Waals surface area contributed by atoms with Gasteiger partial charge in [0.1, 0.15) is 5.56 Å². The molecule has 6 nitrogen and oxygen atoms in total. The molecule has 0 saturated carbocycles. The number of carbonyl (C=O) groups excluding carboxylic acids is 1. The minimum Gasteiger partial charge on any atom is -0.480 e. The Morgan fingerprint density at radius 1 is 1.00 bits per heavy atom. The van der Waals surface area contributed by atoms with Crippen LogP contribution >= 0.6 is 0 Å². The van der Waals surface area contributed by atoms with E-state index >= 15 is 0 Å². The summed E-state index contributed by atoms with van der Waals surface area (Å²) >= 11 is 0. The van der Waals surface area contributed by atoms with Crippen molar-refractivity contribution < 1.29 is 9.53 Å². The Balaban J connectivity index is 1.69. The molecule has 0 bridgehead atoms. The highest BCUT2D eigenvalue weighted by atomic mass is 16.5. The van der Waals surface area contributed by atoms with E-state index in [1.165, 1.54) is 7.11 Å². The van der Waals surface area contributed by atoms with Crippen LogP contribution in [0, 0.1) is 0 Å². The zero-order valence-corrected chi connectivity index (χ0v) is 16.9. The third-order valence-corrected chi connectivity index (χ3v) is 4.81. The minimum atomic E-state index is -0.161. The van der Waals surface area contributed by atoms with Crippen LogP contribution in [0.3, 0.4) is 0 Å². The predicted octanol–water partition coefficient (Wildman–Crippen LogP) is 4.22. The molecule has 0 unspecified atom stereocenters. The maximum absolute atomic E-state index is 13.0. The van der Waals surface area contributed by atoms with Crippen LogP contribution in [0.1, 0.15) is 15.9 Å². The van der Waals surface area contributed by atoms with E-state index in [9.17, 15) is 4.79 Å². The van der Waals surface area contributed by atoms with E-state index in [0.717, 1.165) is 22.5 Å². The Labute approximate surface area is 175 Å². The highest BCUT2D eigenvalue weighted by molar-refractivity contribution is 5.96. The van der Waals surface area contributed by atoms with Gasteiger partial charge in [-0.1, -0.05) is 48.5 Å². The summed E-state index contributed by atoms with van der Waals surface area (Å²) in [6, 6.07) is 23.4. The van der Waals surface area contributed by atoms with Crippen LogP contribution in [-0.2, 0) is 6.54 Å². The molecule has 1 amide bonds. The van der Waals surface area contributed by atoms with Gasteiger partial charge in [0.15, 0.2) is 0 Å². The van der Waals surface area contributed by atoms with Crippen molar-refractivity contribution in [1.29, 1.82) is 0 Å². The summed E-state index contributed by atoms with van der Waals surface area (Å²) in [5, 5.41) is 4.81. The quantitative estimate of drug-likeness (QED) is 0.488. The molecule has 2 heterocycles. The normalized spacial score (nSPS) is 10.6. The summed E-state index contributed by atoms with van der Waals surface area (Å²) in [4.78, 5) is 18.8. The van der Waals surface area contributed by atoms with E-state index < -0.39 is 0 Å². The SMILES string of the molecule is COc1ncccc1C(=O)N(C)Cc1cn(-c2ccccc2)nc1-c1ccccc1. The Hall–Kier alpha value is -3.93. The number of ether oxygens (including phenoxy) is 1. The number of nitrogens with zero attached hydrogens (tertiary/aromatic N) is 4. The molecule has 0 aliphatic heterocycles. The number of carbonyl (C=O) groups is 1. The van der Waals surface area contributed by atoms with Crippen LogP contribution in [0.15, 0.2) is 85.2 Å². The number of pyridine rings is 1. The van der Waals surface area contributed by atoms with Gasteiger partial charge >= 0.3 is 0 Å². The fourth-order valence-electron chi connectivity index (χ4n) is 3.33. The predicted molar refractivity (Wildman–Crippen MR) is 116 cm³/mol. The van der Waals surface area contributed by atoms with Gasteiger partial charge in [0.25, 0.3) is 5.91 Å². The highest BCUT2D eigenvalue weighted by Gasteiger charge is 2.20. The molecule has 4 aromatic rings. The van der Waals surface area contributed by atoms with Gasteiger partial charge in [-0.3, -0.25) is 4.79 Å². The number of hydrogen-bond donors (Lipinski definition) is 0.